The lowest BCUT2D eigenvalue weighted by Crippen LogP contribution is -2.25. The van der Waals surface area contributed by atoms with Crippen LogP contribution in [0.15, 0.2) is 41.8 Å². The standard InChI is InChI=1S/C17H15F3N4O2S2/c1-10(24-14(22-23-16(24)27)13-7-4-8-28-13)15(25)21-11-5-2-3-6-12(11)26-9-17(18,19)20/h2-8,10H,9H2,1H3,(H,21,25)(H,23,27). The Morgan fingerprint density at radius 2 is 2.11 bits per heavy atom. The normalized spacial score (nSPS) is 12.6. The van der Waals surface area contributed by atoms with E-state index in [0.29, 0.717) is 5.82 Å². The smallest absolute Gasteiger partial charge is 0.422 e. The van der Waals surface area contributed by atoms with Gasteiger partial charge in [0.2, 0.25) is 5.91 Å². The number of aromatic amines is 1. The molecule has 0 saturated heterocycles. The van der Waals surface area contributed by atoms with Crippen molar-refractivity contribution >= 4 is 35.1 Å². The molecule has 28 heavy (non-hydrogen) atoms. The third-order valence-electron chi connectivity index (χ3n) is 3.75. The Morgan fingerprint density at radius 1 is 1.36 bits per heavy atom. The molecule has 0 aliphatic carbocycles. The summed E-state index contributed by atoms with van der Waals surface area (Å²) in [6.45, 7) is 0.168. The average Bonchev–Trinajstić information content (AvgIpc) is 3.29. The van der Waals surface area contributed by atoms with E-state index in [2.05, 4.69) is 15.5 Å². The highest BCUT2D eigenvalue weighted by Crippen LogP contribution is 2.29. The summed E-state index contributed by atoms with van der Waals surface area (Å²) in [5.41, 5.74) is 0.135. The first kappa shape index (κ1) is 20.1. The van der Waals surface area contributed by atoms with Crippen molar-refractivity contribution in [2.24, 2.45) is 0 Å². The topological polar surface area (TPSA) is 71.9 Å². The van der Waals surface area contributed by atoms with Gasteiger partial charge >= 0.3 is 6.18 Å². The zero-order valence-corrected chi connectivity index (χ0v) is 16.1. The number of thiophene rings is 1. The predicted molar refractivity (Wildman–Crippen MR) is 102 cm³/mol. The molecule has 11 heteroatoms. The van der Waals surface area contributed by atoms with Gasteiger partial charge in [-0.15, -0.1) is 11.3 Å². The largest absolute Gasteiger partial charge is 0.482 e. The summed E-state index contributed by atoms with van der Waals surface area (Å²) >= 11 is 6.68. The maximum absolute atomic E-state index is 12.7. The molecule has 0 radical (unpaired) electrons. The summed E-state index contributed by atoms with van der Waals surface area (Å²) in [5, 5.41) is 11.3. The fraction of sp³-hybridized carbons (Fsp3) is 0.235. The lowest BCUT2D eigenvalue weighted by Gasteiger charge is -2.17. The Balaban J connectivity index is 1.82. The number of carbonyl (C=O) groups is 1. The quantitative estimate of drug-likeness (QED) is 0.553. The molecule has 1 atom stereocenters. The van der Waals surface area contributed by atoms with Gasteiger partial charge in [-0.3, -0.25) is 14.5 Å². The van der Waals surface area contributed by atoms with E-state index < -0.39 is 24.7 Å². The number of alkyl halides is 3. The molecule has 0 fully saturated rings. The van der Waals surface area contributed by atoms with Crippen LogP contribution in [-0.4, -0.2) is 33.5 Å². The van der Waals surface area contributed by atoms with Crippen molar-refractivity contribution in [2.75, 3.05) is 11.9 Å². The number of rotatable bonds is 6. The minimum atomic E-state index is -4.48. The Hall–Kier alpha value is -2.66. The molecule has 6 nitrogen and oxygen atoms in total. The summed E-state index contributed by atoms with van der Waals surface area (Å²) in [6, 6.07) is 8.85. The summed E-state index contributed by atoms with van der Waals surface area (Å²) in [5.74, 6) is -0.0442. The van der Waals surface area contributed by atoms with Crippen molar-refractivity contribution < 1.29 is 22.7 Å². The number of amides is 1. The Bertz CT molecular complexity index is 1010. The van der Waals surface area contributed by atoms with Gasteiger partial charge in [0.15, 0.2) is 17.2 Å². The number of benzene rings is 1. The van der Waals surface area contributed by atoms with Crippen LogP contribution in [-0.2, 0) is 4.79 Å². The van der Waals surface area contributed by atoms with Crippen molar-refractivity contribution in [3.63, 3.8) is 0 Å². The molecule has 2 aromatic heterocycles. The summed E-state index contributed by atoms with van der Waals surface area (Å²) < 4.78 is 43.9. The predicted octanol–water partition coefficient (Wildman–Crippen LogP) is 4.81. The highest BCUT2D eigenvalue weighted by molar-refractivity contribution is 7.71. The SMILES string of the molecule is CC(C(=O)Nc1ccccc1OCC(F)(F)F)n1c(-c2cccs2)n[nH]c1=S. The van der Waals surface area contributed by atoms with Crippen LogP contribution in [0.5, 0.6) is 5.75 Å². The van der Waals surface area contributed by atoms with Crippen molar-refractivity contribution in [3.8, 4) is 16.5 Å². The molecule has 148 valence electrons. The van der Waals surface area contributed by atoms with E-state index in [4.69, 9.17) is 17.0 Å². The van der Waals surface area contributed by atoms with E-state index in [1.807, 2.05) is 17.5 Å². The summed E-state index contributed by atoms with van der Waals surface area (Å²) in [7, 11) is 0. The molecule has 3 aromatic rings. The second-order valence-corrected chi connectivity index (χ2v) is 7.10. The van der Waals surface area contributed by atoms with E-state index in [9.17, 15) is 18.0 Å². The maximum atomic E-state index is 12.7. The zero-order valence-electron chi connectivity index (χ0n) is 14.5. The number of nitrogens with one attached hydrogen (secondary N) is 2. The van der Waals surface area contributed by atoms with Gasteiger partial charge in [-0.25, -0.2) is 0 Å². The first-order chi connectivity index (χ1) is 13.3. The van der Waals surface area contributed by atoms with Crippen LogP contribution in [0.25, 0.3) is 10.7 Å². The molecule has 0 aliphatic rings. The molecule has 1 unspecified atom stereocenters. The number of carbonyl (C=O) groups excluding carboxylic acids is 1. The van der Waals surface area contributed by atoms with Crippen molar-refractivity contribution in [2.45, 2.75) is 19.1 Å². The molecule has 0 saturated carbocycles. The summed E-state index contributed by atoms with van der Waals surface area (Å²) in [4.78, 5) is 13.6. The Morgan fingerprint density at radius 3 is 2.79 bits per heavy atom. The number of hydrogen-bond acceptors (Lipinski definition) is 5. The minimum absolute atomic E-state index is 0.0744. The van der Waals surface area contributed by atoms with Crippen LogP contribution in [0.4, 0.5) is 18.9 Å². The summed E-state index contributed by atoms with van der Waals surface area (Å²) in [6.07, 6.45) is -4.48. The van der Waals surface area contributed by atoms with Crippen molar-refractivity contribution in [1.82, 2.24) is 14.8 Å². The number of anilines is 1. The zero-order chi connectivity index (χ0) is 20.3. The average molecular weight is 428 g/mol. The molecular formula is C17H15F3N4O2S2. The number of halogens is 3. The number of nitrogens with zero attached hydrogens (tertiary/aromatic N) is 2. The third-order valence-corrected chi connectivity index (χ3v) is 4.90. The highest BCUT2D eigenvalue weighted by atomic mass is 32.1. The van der Waals surface area contributed by atoms with Crippen LogP contribution >= 0.6 is 23.6 Å². The molecule has 0 aliphatic heterocycles. The highest BCUT2D eigenvalue weighted by Gasteiger charge is 2.29. The van der Waals surface area contributed by atoms with E-state index in [-0.39, 0.29) is 16.2 Å². The molecule has 1 amide bonds. The van der Waals surface area contributed by atoms with Crippen molar-refractivity contribution in [3.05, 3.63) is 46.5 Å². The van der Waals surface area contributed by atoms with Crippen LogP contribution in [0.3, 0.4) is 0 Å². The number of hydrogen-bond donors (Lipinski definition) is 2. The van der Waals surface area contributed by atoms with Gasteiger partial charge in [0.25, 0.3) is 0 Å². The second kappa shape index (κ2) is 8.15. The second-order valence-electron chi connectivity index (χ2n) is 5.76. The van der Waals surface area contributed by atoms with E-state index in [1.165, 1.54) is 29.5 Å². The lowest BCUT2D eigenvalue weighted by molar-refractivity contribution is -0.153. The molecule has 3 rings (SSSR count). The number of aromatic nitrogens is 3. The molecule has 0 spiro atoms. The Labute approximate surface area is 167 Å². The fourth-order valence-electron chi connectivity index (χ4n) is 2.45. The van der Waals surface area contributed by atoms with Crippen LogP contribution in [0.2, 0.25) is 0 Å². The van der Waals surface area contributed by atoms with Gasteiger partial charge in [0.1, 0.15) is 11.8 Å². The monoisotopic (exact) mass is 428 g/mol. The fourth-order valence-corrected chi connectivity index (χ4v) is 3.45. The molecule has 2 N–H and O–H groups in total. The number of ether oxygens (including phenoxy) is 1. The van der Waals surface area contributed by atoms with E-state index in [0.717, 1.165) is 4.88 Å². The van der Waals surface area contributed by atoms with E-state index in [1.54, 1.807) is 17.6 Å². The maximum Gasteiger partial charge on any atom is 0.422 e. The van der Waals surface area contributed by atoms with Gasteiger partial charge in [0, 0.05) is 0 Å². The third kappa shape index (κ3) is 4.60. The Kier molecular flexibility index (Phi) is 5.84. The van der Waals surface area contributed by atoms with Gasteiger partial charge < -0.3 is 10.1 Å². The van der Waals surface area contributed by atoms with Gasteiger partial charge in [0.05, 0.1) is 10.6 Å². The van der Waals surface area contributed by atoms with Crippen LogP contribution in [0.1, 0.15) is 13.0 Å². The van der Waals surface area contributed by atoms with Crippen LogP contribution in [0, 0.1) is 4.77 Å². The first-order valence-corrected chi connectivity index (χ1v) is 9.35. The van der Waals surface area contributed by atoms with E-state index >= 15 is 0 Å². The molecule has 2 heterocycles. The molecular weight excluding hydrogens is 413 g/mol. The van der Waals surface area contributed by atoms with Gasteiger partial charge in [-0.2, -0.15) is 18.3 Å². The molecule has 1 aromatic carbocycles. The van der Waals surface area contributed by atoms with Gasteiger partial charge in [-0.1, -0.05) is 18.2 Å². The van der Waals surface area contributed by atoms with Gasteiger partial charge in [-0.05, 0) is 42.7 Å². The lowest BCUT2D eigenvalue weighted by atomic mass is 10.2. The number of para-hydroxylation sites is 2. The number of H-pyrrole nitrogens is 1. The minimum Gasteiger partial charge on any atom is -0.482 e. The first-order valence-electron chi connectivity index (χ1n) is 8.06. The van der Waals surface area contributed by atoms with Crippen molar-refractivity contribution in [1.29, 1.82) is 0 Å². The molecule has 0 bridgehead atoms. The van der Waals surface area contributed by atoms with Crippen LogP contribution < -0.4 is 10.1 Å².